The molecular weight excluding hydrogens is 342 g/mol. The van der Waals surface area contributed by atoms with Crippen LogP contribution in [0.25, 0.3) is 17.2 Å². The minimum absolute atomic E-state index is 0.0591. The van der Waals surface area contributed by atoms with Gasteiger partial charge in [0.05, 0.1) is 25.7 Å². The molecular formula is C22H27NO4. The highest BCUT2D eigenvalue weighted by molar-refractivity contribution is 5.79. The van der Waals surface area contributed by atoms with Crippen LogP contribution in [0.2, 0.25) is 0 Å². The predicted octanol–water partition coefficient (Wildman–Crippen LogP) is 3.36. The minimum atomic E-state index is -0.954. The average Bonchev–Trinajstić information content (AvgIpc) is 2.63. The van der Waals surface area contributed by atoms with Gasteiger partial charge >= 0.3 is 5.97 Å². The lowest BCUT2D eigenvalue weighted by atomic mass is 9.93. The highest BCUT2D eigenvalue weighted by Gasteiger charge is 2.16. The van der Waals surface area contributed by atoms with Crippen molar-refractivity contribution in [1.82, 2.24) is 4.98 Å². The van der Waals surface area contributed by atoms with E-state index in [1.807, 2.05) is 45.0 Å². The second kappa shape index (κ2) is 9.44. The Kier molecular flexibility index (Phi) is 7.28. The SMILES string of the molecule is COC(=O)CC(O)CC(O)/C=C/c1c(C)nc(C)c(C)c1-c1ccccc1. The van der Waals surface area contributed by atoms with E-state index in [1.165, 1.54) is 7.11 Å². The number of aliphatic hydroxyl groups is 2. The summed E-state index contributed by atoms with van der Waals surface area (Å²) in [6.45, 7) is 5.97. The summed E-state index contributed by atoms with van der Waals surface area (Å²) in [5, 5.41) is 20.1. The van der Waals surface area contributed by atoms with Crippen LogP contribution in [0.4, 0.5) is 0 Å². The molecule has 1 heterocycles. The zero-order chi connectivity index (χ0) is 20.0. The van der Waals surface area contributed by atoms with Crippen molar-refractivity contribution in [3.05, 3.63) is 58.9 Å². The van der Waals surface area contributed by atoms with E-state index in [4.69, 9.17) is 0 Å². The number of carbonyl (C=O) groups is 1. The summed E-state index contributed by atoms with van der Waals surface area (Å²) >= 11 is 0. The first-order chi connectivity index (χ1) is 12.8. The van der Waals surface area contributed by atoms with E-state index in [1.54, 1.807) is 6.08 Å². The quantitative estimate of drug-likeness (QED) is 0.732. The second-order valence-corrected chi connectivity index (χ2v) is 6.66. The van der Waals surface area contributed by atoms with Crippen molar-refractivity contribution in [2.24, 2.45) is 0 Å². The van der Waals surface area contributed by atoms with Crippen molar-refractivity contribution in [1.29, 1.82) is 0 Å². The molecule has 0 saturated heterocycles. The summed E-state index contributed by atoms with van der Waals surface area (Å²) in [5.74, 6) is -0.501. The van der Waals surface area contributed by atoms with Crippen LogP contribution in [-0.2, 0) is 9.53 Å². The van der Waals surface area contributed by atoms with Gasteiger partial charge in [-0.1, -0.05) is 42.5 Å². The normalized spacial score (nSPS) is 13.6. The van der Waals surface area contributed by atoms with Gasteiger partial charge < -0.3 is 14.9 Å². The minimum Gasteiger partial charge on any atom is -0.469 e. The molecule has 1 aromatic heterocycles. The van der Waals surface area contributed by atoms with Crippen LogP contribution in [0.15, 0.2) is 36.4 Å². The lowest BCUT2D eigenvalue weighted by molar-refractivity contribution is -0.143. The summed E-state index contributed by atoms with van der Waals surface area (Å²) in [6, 6.07) is 10.1. The molecule has 2 atom stereocenters. The highest BCUT2D eigenvalue weighted by Crippen LogP contribution is 2.31. The fourth-order valence-electron chi connectivity index (χ4n) is 3.06. The third-order valence-electron chi connectivity index (χ3n) is 4.60. The van der Waals surface area contributed by atoms with Gasteiger partial charge in [0.1, 0.15) is 0 Å². The maximum atomic E-state index is 11.2. The Labute approximate surface area is 160 Å². The highest BCUT2D eigenvalue weighted by atomic mass is 16.5. The summed E-state index contributed by atoms with van der Waals surface area (Å²) in [6.07, 6.45) is 1.56. The molecule has 0 bridgehead atoms. The van der Waals surface area contributed by atoms with Crippen LogP contribution < -0.4 is 0 Å². The number of ether oxygens (including phenoxy) is 1. The fourth-order valence-corrected chi connectivity index (χ4v) is 3.06. The van der Waals surface area contributed by atoms with Crippen molar-refractivity contribution in [3.63, 3.8) is 0 Å². The Hall–Kier alpha value is -2.50. The van der Waals surface area contributed by atoms with Crippen molar-refractivity contribution in [2.75, 3.05) is 7.11 Å². The number of rotatable bonds is 7. The van der Waals surface area contributed by atoms with Crippen LogP contribution in [-0.4, -0.2) is 40.5 Å². The number of pyridine rings is 1. The summed E-state index contributed by atoms with van der Waals surface area (Å²) in [5.41, 5.74) is 6.04. The number of nitrogens with zero attached hydrogens (tertiary/aromatic N) is 1. The Bertz CT molecular complexity index is 815. The number of esters is 1. The molecule has 5 nitrogen and oxygen atoms in total. The predicted molar refractivity (Wildman–Crippen MR) is 106 cm³/mol. The van der Waals surface area contributed by atoms with E-state index in [9.17, 15) is 15.0 Å². The molecule has 0 fully saturated rings. The molecule has 0 spiro atoms. The molecule has 1 aromatic carbocycles. The van der Waals surface area contributed by atoms with Crippen LogP contribution >= 0.6 is 0 Å². The van der Waals surface area contributed by atoms with Crippen LogP contribution in [0.5, 0.6) is 0 Å². The van der Waals surface area contributed by atoms with Gasteiger partial charge in [-0.2, -0.15) is 0 Å². The topological polar surface area (TPSA) is 79.7 Å². The Morgan fingerprint density at radius 1 is 1.15 bits per heavy atom. The summed E-state index contributed by atoms with van der Waals surface area (Å²) in [4.78, 5) is 15.8. The number of aromatic nitrogens is 1. The van der Waals surface area contributed by atoms with E-state index >= 15 is 0 Å². The number of aryl methyl sites for hydroxylation is 2. The maximum absolute atomic E-state index is 11.2. The third kappa shape index (κ3) is 5.49. The molecule has 2 aromatic rings. The number of methoxy groups -OCH3 is 1. The average molecular weight is 369 g/mol. The molecule has 0 saturated carbocycles. The largest absolute Gasteiger partial charge is 0.469 e. The Morgan fingerprint density at radius 3 is 2.44 bits per heavy atom. The van der Waals surface area contributed by atoms with Gasteiger partial charge in [0.25, 0.3) is 0 Å². The van der Waals surface area contributed by atoms with Gasteiger partial charge in [0, 0.05) is 23.4 Å². The Morgan fingerprint density at radius 2 is 1.81 bits per heavy atom. The lowest BCUT2D eigenvalue weighted by Crippen LogP contribution is -2.20. The van der Waals surface area contributed by atoms with E-state index < -0.39 is 18.2 Å². The van der Waals surface area contributed by atoms with Gasteiger partial charge in [-0.25, -0.2) is 0 Å². The standard InChI is InChI=1S/C22H27NO4/c1-14-15(2)23-16(3)20(22(14)17-8-6-5-7-9-17)11-10-18(24)12-19(25)13-21(26)27-4/h5-11,18-19,24-25H,12-13H2,1-4H3/b11-10+. The van der Waals surface area contributed by atoms with E-state index in [2.05, 4.69) is 21.9 Å². The number of hydrogen-bond donors (Lipinski definition) is 2. The molecule has 0 aliphatic carbocycles. The van der Waals surface area contributed by atoms with E-state index in [0.29, 0.717) is 0 Å². The summed E-state index contributed by atoms with van der Waals surface area (Å²) in [7, 11) is 1.27. The van der Waals surface area contributed by atoms with Crippen molar-refractivity contribution >= 4 is 12.0 Å². The first-order valence-corrected chi connectivity index (χ1v) is 8.97. The van der Waals surface area contributed by atoms with Crippen LogP contribution in [0, 0.1) is 20.8 Å². The van der Waals surface area contributed by atoms with Crippen molar-refractivity contribution < 1.29 is 19.7 Å². The van der Waals surface area contributed by atoms with Gasteiger partial charge in [0.15, 0.2) is 0 Å². The monoisotopic (exact) mass is 369 g/mol. The molecule has 0 aliphatic rings. The number of hydrogen-bond acceptors (Lipinski definition) is 5. The Balaban J connectivity index is 2.29. The molecule has 2 rings (SSSR count). The van der Waals surface area contributed by atoms with Gasteiger partial charge in [-0.15, -0.1) is 0 Å². The van der Waals surface area contributed by atoms with E-state index in [0.717, 1.165) is 33.6 Å². The van der Waals surface area contributed by atoms with E-state index in [-0.39, 0.29) is 12.8 Å². The molecule has 5 heteroatoms. The molecule has 0 aliphatic heterocycles. The lowest BCUT2D eigenvalue weighted by Gasteiger charge is -2.16. The van der Waals surface area contributed by atoms with Crippen molar-refractivity contribution in [2.45, 2.75) is 45.8 Å². The van der Waals surface area contributed by atoms with Gasteiger partial charge in [-0.05, 0) is 37.5 Å². The van der Waals surface area contributed by atoms with Crippen LogP contribution in [0.3, 0.4) is 0 Å². The summed E-state index contributed by atoms with van der Waals surface area (Å²) < 4.78 is 4.53. The second-order valence-electron chi connectivity index (χ2n) is 6.66. The molecule has 2 N–H and O–H groups in total. The zero-order valence-corrected chi connectivity index (χ0v) is 16.3. The van der Waals surface area contributed by atoms with Gasteiger partial charge in [-0.3, -0.25) is 9.78 Å². The molecule has 0 radical (unpaired) electrons. The third-order valence-corrected chi connectivity index (χ3v) is 4.60. The fraction of sp³-hybridized carbons (Fsp3) is 0.364. The maximum Gasteiger partial charge on any atom is 0.308 e. The smallest absolute Gasteiger partial charge is 0.308 e. The number of benzene rings is 1. The first kappa shape index (κ1) is 20.8. The molecule has 144 valence electrons. The first-order valence-electron chi connectivity index (χ1n) is 8.97. The molecule has 27 heavy (non-hydrogen) atoms. The molecule has 2 unspecified atom stereocenters. The molecule has 0 amide bonds. The van der Waals surface area contributed by atoms with Crippen molar-refractivity contribution in [3.8, 4) is 11.1 Å². The van der Waals surface area contributed by atoms with Crippen LogP contribution in [0.1, 0.15) is 35.4 Å². The zero-order valence-electron chi connectivity index (χ0n) is 16.3. The number of aliphatic hydroxyl groups excluding tert-OH is 2. The number of carbonyl (C=O) groups excluding carboxylic acids is 1. The van der Waals surface area contributed by atoms with Gasteiger partial charge in [0.2, 0.25) is 0 Å².